The van der Waals surface area contributed by atoms with Crippen LogP contribution in [0.4, 0.5) is 0 Å². The Labute approximate surface area is 92.2 Å². The lowest BCUT2D eigenvalue weighted by molar-refractivity contribution is 0.0878. The topological polar surface area (TPSA) is 29.1 Å². The Morgan fingerprint density at radius 2 is 2.07 bits per heavy atom. The van der Waals surface area contributed by atoms with Gasteiger partial charge < -0.3 is 5.32 Å². The summed E-state index contributed by atoms with van der Waals surface area (Å²) in [6.45, 7) is 1.50. The van der Waals surface area contributed by atoms with Gasteiger partial charge in [-0.1, -0.05) is 23.2 Å². The minimum atomic E-state index is 0.0775. The second-order valence-electron chi connectivity index (χ2n) is 3.34. The van der Waals surface area contributed by atoms with Gasteiger partial charge in [-0.05, 0) is 18.2 Å². The van der Waals surface area contributed by atoms with Crippen LogP contribution in [0.25, 0.3) is 0 Å². The van der Waals surface area contributed by atoms with Crippen molar-refractivity contribution in [1.82, 2.24) is 5.32 Å². The summed E-state index contributed by atoms with van der Waals surface area (Å²) in [6.07, 6.45) is 0. The molecule has 14 heavy (non-hydrogen) atoms. The molecule has 1 N–H and O–H groups in total. The normalized spacial score (nSPS) is 16.4. The summed E-state index contributed by atoms with van der Waals surface area (Å²) in [5, 5.41) is 4.05. The third kappa shape index (κ3) is 1.78. The van der Waals surface area contributed by atoms with Crippen LogP contribution in [-0.2, 0) is 0 Å². The van der Waals surface area contributed by atoms with Crippen LogP contribution in [0.2, 0.25) is 10.0 Å². The van der Waals surface area contributed by atoms with Gasteiger partial charge in [-0.3, -0.25) is 4.79 Å². The van der Waals surface area contributed by atoms with Crippen LogP contribution < -0.4 is 5.32 Å². The summed E-state index contributed by atoms with van der Waals surface area (Å²) in [5.41, 5.74) is 0.572. The highest BCUT2D eigenvalue weighted by molar-refractivity contribution is 6.36. The van der Waals surface area contributed by atoms with Gasteiger partial charge in [0.1, 0.15) is 0 Å². The van der Waals surface area contributed by atoms with Crippen LogP contribution in [0.15, 0.2) is 18.2 Å². The lowest BCUT2D eigenvalue weighted by atomic mass is 9.93. The maximum Gasteiger partial charge on any atom is 0.169 e. The van der Waals surface area contributed by atoms with E-state index in [0.717, 1.165) is 13.1 Å². The highest BCUT2D eigenvalue weighted by Crippen LogP contribution is 2.24. The van der Waals surface area contributed by atoms with Crippen molar-refractivity contribution >= 4 is 29.0 Å². The highest BCUT2D eigenvalue weighted by atomic mass is 35.5. The van der Waals surface area contributed by atoms with E-state index in [1.165, 1.54) is 0 Å². The molecule has 0 aliphatic carbocycles. The lowest BCUT2D eigenvalue weighted by Gasteiger charge is -2.25. The Hall–Kier alpha value is -0.570. The Morgan fingerprint density at radius 1 is 1.36 bits per heavy atom. The van der Waals surface area contributed by atoms with E-state index >= 15 is 0 Å². The maximum absolute atomic E-state index is 11.8. The number of ketones is 1. The second-order valence-corrected chi connectivity index (χ2v) is 4.19. The summed E-state index contributed by atoms with van der Waals surface area (Å²) in [6, 6.07) is 4.97. The molecule has 4 heteroatoms. The molecule has 1 aromatic rings. The minimum absolute atomic E-state index is 0.0775. The fourth-order valence-electron chi connectivity index (χ4n) is 1.38. The monoisotopic (exact) mass is 229 g/mol. The van der Waals surface area contributed by atoms with Crippen molar-refractivity contribution < 1.29 is 4.79 Å². The van der Waals surface area contributed by atoms with E-state index in [0.29, 0.717) is 15.6 Å². The van der Waals surface area contributed by atoms with E-state index in [1.807, 2.05) is 0 Å². The Bertz CT molecular complexity index is 374. The Morgan fingerprint density at radius 3 is 2.57 bits per heavy atom. The van der Waals surface area contributed by atoms with E-state index in [-0.39, 0.29) is 11.7 Å². The number of halogens is 2. The molecule has 1 heterocycles. The molecule has 0 saturated carbocycles. The van der Waals surface area contributed by atoms with Gasteiger partial charge in [0.15, 0.2) is 5.78 Å². The molecule has 0 spiro atoms. The summed E-state index contributed by atoms with van der Waals surface area (Å²) < 4.78 is 0. The fourth-order valence-corrected chi connectivity index (χ4v) is 1.88. The van der Waals surface area contributed by atoms with E-state index < -0.39 is 0 Å². The van der Waals surface area contributed by atoms with Crippen molar-refractivity contribution in [1.29, 1.82) is 0 Å². The zero-order valence-corrected chi connectivity index (χ0v) is 8.90. The molecule has 0 atom stereocenters. The number of hydrogen-bond donors (Lipinski definition) is 1. The molecule has 1 saturated heterocycles. The van der Waals surface area contributed by atoms with Crippen molar-refractivity contribution in [3.63, 3.8) is 0 Å². The molecule has 1 aliphatic rings. The first-order valence-corrected chi connectivity index (χ1v) is 5.14. The largest absolute Gasteiger partial charge is 0.315 e. The van der Waals surface area contributed by atoms with E-state index in [2.05, 4.69) is 5.32 Å². The van der Waals surface area contributed by atoms with Crippen LogP contribution in [0.1, 0.15) is 10.4 Å². The maximum atomic E-state index is 11.8. The number of Topliss-reactive ketones (excluding diaryl/α,β-unsaturated/α-hetero) is 1. The molecule has 0 unspecified atom stereocenters. The summed E-state index contributed by atoms with van der Waals surface area (Å²) in [7, 11) is 0. The van der Waals surface area contributed by atoms with Gasteiger partial charge in [-0.15, -0.1) is 0 Å². The Kier molecular flexibility index (Phi) is 2.77. The van der Waals surface area contributed by atoms with Crippen LogP contribution in [0.3, 0.4) is 0 Å². The minimum Gasteiger partial charge on any atom is -0.315 e. The summed E-state index contributed by atoms with van der Waals surface area (Å²) in [5.74, 6) is 0.180. The van der Waals surface area contributed by atoms with Gasteiger partial charge in [0.25, 0.3) is 0 Å². The molecular formula is C10H9Cl2NO. The average Bonchev–Trinajstić information content (AvgIpc) is 2.00. The molecule has 1 aliphatic heterocycles. The second kappa shape index (κ2) is 3.89. The predicted molar refractivity (Wildman–Crippen MR) is 57.2 cm³/mol. The van der Waals surface area contributed by atoms with E-state index in [1.54, 1.807) is 18.2 Å². The van der Waals surface area contributed by atoms with Crippen LogP contribution in [0.5, 0.6) is 0 Å². The molecule has 1 aromatic carbocycles. The number of nitrogens with one attached hydrogen (secondary N) is 1. The molecule has 0 bridgehead atoms. The standard InChI is InChI=1S/C10H9Cl2NO/c11-7-1-2-8(9(12)3-7)10(14)6-4-13-5-6/h1-3,6,13H,4-5H2. The molecule has 0 amide bonds. The van der Waals surface area contributed by atoms with Crippen LogP contribution in [0, 0.1) is 5.92 Å². The van der Waals surface area contributed by atoms with Crippen LogP contribution in [-0.4, -0.2) is 18.9 Å². The number of rotatable bonds is 2. The van der Waals surface area contributed by atoms with Gasteiger partial charge in [0, 0.05) is 29.6 Å². The predicted octanol–water partition coefficient (Wildman–Crippen LogP) is 2.40. The molecule has 1 fully saturated rings. The number of carbonyl (C=O) groups is 1. The number of hydrogen-bond acceptors (Lipinski definition) is 2. The molecule has 74 valence electrons. The zero-order chi connectivity index (χ0) is 10.1. The quantitative estimate of drug-likeness (QED) is 0.790. The first-order valence-electron chi connectivity index (χ1n) is 4.38. The van der Waals surface area contributed by atoms with Crippen molar-refractivity contribution in [3.05, 3.63) is 33.8 Å². The highest BCUT2D eigenvalue weighted by Gasteiger charge is 2.27. The summed E-state index contributed by atoms with van der Waals surface area (Å²) >= 11 is 11.7. The smallest absolute Gasteiger partial charge is 0.169 e. The van der Waals surface area contributed by atoms with Gasteiger partial charge in [0.05, 0.1) is 5.02 Å². The number of carbonyl (C=O) groups excluding carboxylic acids is 1. The molecule has 0 radical (unpaired) electrons. The van der Waals surface area contributed by atoms with E-state index in [9.17, 15) is 4.79 Å². The first-order chi connectivity index (χ1) is 6.68. The van der Waals surface area contributed by atoms with Crippen molar-refractivity contribution in [2.24, 2.45) is 5.92 Å². The first kappa shape index (κ1) is 9.97. The van der Waals surface area contributed by atoms with Crippen molar-refractivity contribution in [2.45, 2.75) is 0 Å². The van der Waals surface area contributed by atoms with Crippen molar-refractivity contribution in [3.8, 4) is 0 Å². The van der Waals surface area contributed by atoms with Crippen LogP contribution >= 0.6 is 23.2 Å². The van der Waals surface area contributed by atoms with E-state index in [4.69, 9.17) is 23.2 Å². The van der Waals surface area contributed by atoms with Gasteiger partial charge >= 0.3 is 0 Å². The van der Waals surface area contributed by atoms with Gasteiger partial charge in [0.2, 0.25) is 0 Å². The molecule has 2 rings (SSSR count). The van der Waals surface area contributed by atoms with Gasteiger partial charge in [-0.25, -0.2) is 0 Å². The third-order valence-electron chi connectivity index (χ3n) is 2.35. The fraction of sp³-hybridized carbons (Fsp3) is 0.300. The summed E-state index contributed by atoms with van der Waals surface area (Å²) in [4.78, 5) is 11.8. The lowest BCUT2D eigenvalue weighted by Crippen LogP contribution is -2.46. The van der Waals surface area contributed by atoms with Gasteiger partial charge in [-0.2, -0.15) is 0 Å². The molecule has 2 nitrogen and oxygen atoms in total. The third-order valence-corrected chi connectivity index (χ3v) is 2.90. The zero-order valence-electron chi connectivity index (χ0n) is 7.39. The molecular weight excluding hydrogens is 221 g/mol. The Balaban J connectivity index is 2.26. The SMILES string of the molecule is O=C(c1ccc(Cl)cc1Cl)C1CNC1. The van der Waals surface area contributed by atoms with Crippen molar-refractivity contribution in [2.75, 3.05) is 13.1 Å². The average molecular weight is 230 g/mol. The molecule has 0 aromatic heterocycles. The number of benzene rings is 1.